The maximum absolute atomic E-state index is 12.3. The summed E-state index contributed by atoms with van der Waals surface area (Å²) in [4.78, 5) is 16.9. The Labute approximate surface area is 141 Å². The molecule has 3 nitrogen and oxygen atoms in total. The molecule has 1 aliphatic heterocycles. The van der Waals surface area contributed by atoms with Crippen molar-refractivity contribution in [3.05, 3.63) is 19.2 Å². The lowest BCUT2D eigenvalue weighted by atomic mass is 9.96. The van der Waals surface area contributed by atoms with Gasteiger partial charge in [-0.05, 0) is 83.9 Å². The van der Waals surface area contributed by atoms with Crippen LogP contribution in [0.2, 0.25) is 0 Å². The molecule has 1 aromatic heterocycles. The first-order chi connectivity index (χ1) is 9.45. The van der Waals surface area contributed by atoms with Gasteiger partial charge in [-0.15, -0.1) is 11.3 Å². The Morgan fingerprint density at radius 2 is 2.05 bits per heavy atom. The highest BCUT2D eigenvalue weighted by atomic mass is 79.9. The third-order valence-corrected chi connectivity index (χ3v) is 5.99. The molecule has 0 aliphatic carbocycles. The normalized spacial score (nSPS) is 17.9. The van der Waals surface area contributed by atoms with Crippen LogP contribution >= 0.6 is 43.2 Å². The summed E-state index contributed by atoms with van der Waals surface area (Å²) in [6.45, 7) is 3.77. The SMILES string of the molecule is CN(C)CC1CCN(CC(=O)c2cc(Br)sc2Br)CC1. The Hall–Kier alpha value is 0.250. The predicted octanol–water partition coefficient (Wildman–Crippen LogP) is 3.73. The number of piperidine rings is 1. The molecule has 1 fully saturated rings. The Morgan fingerprint density at radius 3 is 2.55 bits per heavy atom. The Bertz CT molecular complexity index is 468. The number of carbonyl (C=O) groups excluding carboxylic acids is 1. The molecule has 0 radical (unpaired) electrons. The fourth-order valence-corrected chi connectivity index (χ4v) is 5.52. The monoisotopic (exact) mass is 422 g/mol. The molecule has 0 atom stereocenters. The molecule has 112 valence electrons. The van der Waals surface area contributed by atoms with Crippen LogP contribution in [0.3, 0.4) is 0 Å². The van der Waals surface area contributed by atoms with Gasteiger partial charge < -0.3 is 4.90 Å². The quantitative estimate of drug-likeness (QED) is 0.674. The fraction of sp³-hybridized carbons (Fsp3) is 0.643. The van der Waals surface area contributed by atoms with E-state index in [9.17, 15) is 4.79 Å². The first kappa shape index (κ1) is 16.6. The minimum Gasteiger partial charge on any atom is -0.309 e. The zero-order valence-corrected chi connectivity index (χ0v) is 15.9. The van der Waals surface area contributed by atoms with Crippen molar-refractivity contribution in [2.75, 3.05) is 40.3 Å². The van der Waals surface area contributed by atoms with Gasteiger partial charge in [-0.1, -0.05) is 0 Å². The lowest BCUT2D eigenvalue weighted by molar-refractivity contribution is 0.0885. The molecule has 6 heteroatoms. The van der Waals surface area contributed by atoms with E-state index in [0.717, 1.165) is 38.7 Å². The second-order valence-corrected chi connectivity index (χ2v) is 9.39. The van der Waals surface area contributed by atoms with Crippen molar-refractivity contribution in [1.82, 2.24) is 9.80 Å². The summed E-state index contributed by atoms with van der Waals surface area (Å²) in [5.41, 5.74) is 0.803. The van der Waals surface area contributed by atoms with Crippen LogP contribution in [-0.2, 0) is 0 Å². The van der Waals surface area contributed by atoms with Crippen LogP contribution in [0, 0.1) is 5.92 Å². The molecule has 0 aromatic carbocycles. The summed E-state index contributed by atoms with van der Waals surface area (Å²) in [5.74, 6) is 0.989. The van der Waals surface area contributed by atoms with E-state index >= 15 is 0 Å². The molecule has 0 saturated carbocycles. The number of Topliss-reactive ketones (excluding diaryl/α,β-unsaturated/α-hetero) is 1. The number of thiophene rings is 1. The number of ketones is 1. The molecule has 20 heavy (non-hydrogen) atoms. The first-order valence-corrected chi connectivity index (χ1v) is 9.21. The molecular weight excluding hydrogens is 404 g/mol. The molecule has 1 saturated heterocycles. The molecule has 0 unspecified atom stereocenters. The van der Waals surface area contributed by atoms with Gasteiger partial charge in [0.2, 0.25) is 0 Å². The van der Waals surface area contributed by atoms with Crippen molar-refractivity contribution in [2.24, 2.45) is 5.92 Å². The minimum atomic E-state index is 0.213. The van der Waals surface area contributed by atoms with Crippen LogP contribution < -0.4 is 0 Å². The number of hydrogen-bond donors (Lipinski definition) is 0. The second-order valence-electron chi connectivity index (χ2n) is 5.64. The number of nitrogens with zero attached hydrogens (tertiary/aromatic N) is 2. The fourth-order valence-electron chi connectivity index (χ4n) is 2.66. The number of hydrogen-bond acceptors (Lipinski definition) is 4. The highest BCUT2D eigenvalue weighted by Gasteiger charge is 2.23. The topological polar surface area (TPSA) is 23.6 Å². The van der Waals surface area contributed by atoms with Gasteiger partial charge >= 0.3 is 0 Å². The van der Waals surface area contributed by atoms with Gasteiger partial charge in [0.05, 0.1) is 14.1 Å². The van der Waals surface area contributed by atoms with Crippen molar-refractivity contribution >= 4 is 49.0 Å². The van der Waals surface area contributed by atoms with Crippen molar-refractivity contribution in [3.63, 3.8) is 0 Å². The van der Waals surface area contributed by atoms with Crippen LogP contribution in [0.4, 0.5) is 0 Å². The third kappa shape index (κ3) is 4.63. The second kappa shape index (κ2) is 7.49. The van der Waals surface area contributed by atoms with E-state index < -0.39 is 0 Å². The van der Waals surface area contributed by atoms with Gasteiger partial charge in [-0.3, -0.25) is 9.69 Å². The lowest BCUT2D eigenvalue weighted by Crippen LogP contribution is -2.39. The van der Waals surface area contributed by atoms with E-state index in [2.05, 4.69) is 55.8 Å². The zero-order valence-electron chi connectivity index (χ0n) is 11.9. The third-order valence-electron chi connectivity index (χ3n) is 3.65. The molecule has 0 bridgehead atoms. The Balaban J connectivity index is 1.83. The molecule has 2 rings (SSSR count). The van der Waals surface area contributed by atoms with Crippen molar-refractivity contribution in [1.29, 1.82) is 0 Å². The molecule has 2 heterocycles. The van der Waals surface area contributed by atoms with E-state index in [1.165, 1.54) is 12.8 Å². The summed E-state index contributed by atoms with van der Waals surface area (Å²) in [6.07, 6.45) is 2.39. The van der Waals surface area contributed by atoms with Crippen LogP contribution in [0.1, 0.15) is 23.2 Å². The zero-order chi connectivity index (χ0) is 14.7. The van der Waals surface area contributed by atoms with Gasteiger partial charge in [-0.25, -0.2) is 0 Å². The van der Waals surface area contributed by atoms with Crippen LogP contribution in [-0.4, -0.2) is 55.9 Å². The molecular formula is C14H20Br2N2OS. The van der Waals surface area contributed by atoms with E-state index in [-0.39, 0.29) is 5.78 Å². The summed E-state index contributed by atoms with van der Waals surface area (Å²) >= 11 is 8.44. The maximum atomic E-state index is 12.3. The van der Waals surface area contributed by atoms with Gasteiger partial charge in [0.15, 0.2) is 5.78 Å². The summed E-state index contributed by atoms with van der Waals surface area (Å²) < 4.78 is 1.93. The average Bonchev–Trinajstić information content (AvgIpc) is 2.70. The van der Waals surface area contributed by atoms with Gasteiger partial charge in [0.1, 0.15) is 0 Å². The first-order valence-electron chi connectivity index (χ1n) is 6.81. The van der Waals surface area contributed by atoms with Gasteiger partial charge in [0.25, 0.3) is 0 Å². The van der Waals surface area contributed by atoms with Gasteiger partial charge in [0, 0.05) is 12.1 Å². The standard InChI is InChI=1S/C14H20Br2N2OS/c1-17(2)8-10-3-5-18(6-4-10)9-12(19)11-7-13(15)20-14(11)16/h7,10H,3-6,8-9H2,1-2H3. The van der Waals surface area contributed by atoms with Gasteiger partial charge in [-0.2, -0.15) is 0 Å². The van der Waals surface area contributed by atoms with Crippen LogP contribution in [0.15, 0.2) is 13.6 Å². The Kier molecular flexibility index (Phi) is 6.23. The number of likely N-dealkylation sites (tertiary alicyclic amines) is 1. The minimum absolute atomic E-state index is 0.213. The maximum Gasteiger partial charge on any atom is 0.178 e. The van der Waals surface area contributed by atoms with Crippen LogP contribution in [0.25, 0.3) is 0 Å². The molecule has 1 aliphatic rings. The molecule has 0 N–H and O–H groups in total. The van der Waals surface area contributed by atoms with Crippen molar-refractivity contribution < 1.29 is 4.79 Å². The number of halogens is 2. The lowest BCUT2D eigenvalue weighted by Gasteiger charge is -2.32. The largest absolute Gasteiger partial charge is 0.309 e. The van der Waals surface area contributed by atoms with Crippen molar-refractivity contribution in [2.45, 2.75) is 12.8 Å². The molecule has 0 spiro atoms. The molecule has 0 amide bonds. The number of carbonyl (C=O) groups is 1. The predicted molar refractivity (Wildman–Crippen MR) is 91.8 cm³/mol. The Morgan fingerprint density at radius 1 is 1.40 bits per heavy atom. The summed E-state index contributed by atoms with van der Waals surface area (Å²) in [7, 11) is 4.25. The van der Waals surface area contributed by atoms with E-state index in [1.807, 2.05) is 6.07 Å². The van der Waals surface area contributed by atoms with E-state index in [4.69, 9.17) is 0 Å². The van der Waals surface area contributed by atoms with E-state index in [1.54, 1.807) is 11.3 Å². The summed E-state index contributed by atoms with van der Waals surface area (Å²) in [5, 5.41) is 0. The van der Waals surface area contributed by atoms with Crippen molar-refractivity contribution in [3.8, 4) is 0 Å². The number of rotatable bonds is 5. The molecule has 1 aromatic rings. The van der Waals surface area contributed by atoms with Crippen LogP contribution in [0.5, 0.6) is 0 Å². The summed E-state index contributed by atoms with van der Waals surface area (Å²) in [6, 6.07) is 1.91. The van der Waals surface area contributed by atoms with E-state index in [0.29, 0.717) is 6.54 Å². The highest BCUT2D eigenvalue weighted by Crippen LogP contribution is 2.32. The smallest absolute Gasteiger partial charge is 0.178 e. The average molecular weight is 424 g/mol. The highest BCUT2D eigenvalue weighted by molar-refractivity contribution is 9.12.